The molecular formula is C24H28N4O4. The summed E-state index contributed by atoms with van der Waals surface area (Å²) in [6.45, 7) is 2.44. The number of ether oxygens (including phenoxy) is 4. The molecular weight excluding hydrogens is 408 g/mol. The monoisotopic (exact) mass is 436 g/mol. The molecule has 0 amide bonds. The van der Waals surface area contributed by atoms with Gasteiger partial charge < -0.3 is 30.0 Å². The lowest BCUT2D eigenvalue weighted by atomic mass is 9.84. The maximum atomic E-state index is 6.28. The topological polar surface area (TPSA) is 101 Å². The van der Waals surface area contributed by atoms with Gasteiger partial charge in [0.1, 0.15) is 31.9 Å². The number of rotatable bonds is 6. The Labute approximate surface area is 187 Å². The molecule has 0 bridgehead atoms. The van der Waals surface area contributed by atoms with Gasteiger partial charge in [0.2, 0.25) is 5.88 Å². The van der Waals surface area contributed by atoms with Crippen molar-refractivity contribution in [1.29, 1.82) is 0 Å². The molecule has 2 aliphatic rings. The maximum Gasteiger partial charge on any atom is 0.224 e. The van der Waals surface area contributed by atoms with E-state index in [2.05, 4.69) is 27.4 Å². The van der Waals surface area contributed by atoms with Crippen LogP contribution in [0.3, 0.4) is 0 Å². The van der Waals surface area contributed by atoms with Gasteiger partial charge in [-0.05, 0) is 54.7 Å². The van der Waals surface area contributed by atoms with Crippen LogP contribution in [0.1, 0.15) is 12.0 Å². The van der Waals surface area contributed by atoms with Gasteiger partial charge in [0, 0.05) is 18.6 Å². The fourth-order valence-electron chi connectivity index (χ4n) is 4.47. The number of hydrogen-bond donors (Lipinski definition) is 2. The van der Waals surface area contributed by atoms with Crippen molar-refractivity contribution < 1.29 is 18.9 Å². The van der Waals surface area contributed by atoms with Crippen LogP contribution in [-0.4, -0.2) is 55.5 Å². The number of piperidine rings is 1. The lowest BCUT2D eigenvalue weighted by molar-refractivity contribution is 0.168. The molecule has 0 saturated carbocycles. The van der Waals surface area contributed by atoms with E-state index in [9.17, 15) is 0 Å². The van der Waals surface area contributed by atoms with E-state index in [0.29, 0.717) is 31.6 Å². The summed E-state index contributed by atoms with van der Waals surface area (Å²) in [6, 6.07) is 12.1. The Morgan fingerprint density at radius 1 is 1.09 bits per heavy atom. The van der Waals surface area contributed by atoms with Gasteiger partial charge in [-0.2, -0.15) is 0 Å². The van der Waals surface area contributed by atoms with Crippen LogP contribution >= 0.6 is 0 Å². The Morgan fingerprint density at radius 2 is 1.97 bits per heavy atom. The van der Waals surface area contributed by atoms with Crippen LogP contribution in [0.2, 0.25) is 0 Å². The third kappa shape index (κ3) is 4.42. The van der Waals surface area contributed by atoms with E-state index < -0.39 is 0 Å². The van der Waals surface area contributed by atoms with Crippen LogP contribution in [-0.2, 0) is 6.42 Å². The Kier molecular flexibility index (Phi) is 5.96. The first kappa shape index (κ1) is 20.8. The first-order chi connectivity index (χ1) is 15.7. The molecule has 0 aliphatic carbocycles. The smallest absolute Gasteiger partial charge is 0.224 e. The predicted molar refractivity (Wildman–Crippen MR) is 121 cm³/mol. The lowest BCUT2D eigenvalue weighted by Gasteiger charge is -2.36. The zero-order chi connectivity index (χ0) is 21.9. The van der Waals surface area contributed by atoms with Gasteiger partial charge in [-0.15, -0.1) is 0 Å². The Bertz CT molecular complexity index is 1090. The average molecular weight is 437 g/mol. The van der Waals surface area contributed by atoms with E-state index >= 15 is 0 Å². The fourth-order valence-corrected chi connectivity index (χ4v) is 4.47. The normalized spacial score (nSPS) is 22.5. The SMILES string of the molecule is COc1ccc2ncnc(OCC3NCC(N)CC3Cc3ccc4c(c3)OCCO4)c2c1. The highest BCUT2D eigenvalue weighted by atomic mass is 16.6. The van der Waals surface area contributed by atoms with E-state index in [-0.39, 0.29) is 12.1 Å². The van der Waals surface area contributed by atoms with Crippen LogP contribution < -0.4 is 30.0 Å². The fraction of sp³-hybridized carbons (Fsp3) is 0.417. The number of benzene rings is 2. The summed E-state index contributed by atoms with van der Waals surface area (Å²) in [6.07, 6.45) is 3.33. The molecule has 1 fully saturated rings. The van der Waals surface area contributed by atoms with Crippen LogP contribution in [0, 0.1) is 5.92 Å². The molecule has 1 saturated heterocycles. The minimum absolute atomic E-state index is 0.123. The summed E-state index contributed by atoms with van der Waals surface area (Å²) in [5.41, 5.74) is 8.31. The second-order valence-corrected chi connectivity index (χ2v) is 8.33. The molecule has 3 atom stereocenters. The van der Waals surface area contributed by atoms with E-state index in [0.717, 1.165) is 47.5 Å². The highest BCUT2D eigenvalue weighted by Gasteiger charge is 2.30. The quantitative estimate of drug-likeness (QED) is 0.607. The van der Waals surface area contributed by atoms with Gasteiger partial charge in [0.05, 0.1) is 18.0 Å². The molecule has 3 heterocycles. The van der Waals surface area contributed by atoms with Gasteiger partial charge in [0.25, 0.3) is 0 Å². The minimum atomic E-state index is 0.123. The molecule has 8 nitrogen and oxygen atoms in total. The van der Waals surface area contributed by atoms with Gasteiger partial charge in [0.15, 0.2) is 11.5 Å². The number of methoxy groups -OCH3 is 1. The minimum Gasteiger partial charge on any atom is -0.497 e. The highest BCUT2D eigenvalue weighted by molar-refractivity contribution is 5.84. The summed E-state index contributed by atoms with van der Waals surface area (Å²) in [4.78, 5) is 8.69. The lowest BCUT2D eigenvalue weighted by Crippen LogP contribution is -2.53. The first-order valence-corrected chi connectivity index (χ1v) is 11.0. The zero-order valence-electron chi connectivity index (χ0n) is 18.1. The third-order valence-electron chi connectivity index (χ3n) is 6.13. The van der Waals surface area contributed by atoms with Gasteiger partial charge >= 0.3 is 0 Å². The second kappa shape index (κ2) is 9.18. The van der Waals surface area contributed by atoms with Gasteiger partial charge in [-0.3, -0.25) is 0 Å². The standard InChI is InChI=1S/C24H28N4O4/c1-29-18-3-4-20-19(11-18)24(28-14-27-20)32-13-21-16(10-17(25)12-26-21)8-15-2-5-22-23(9-15)31-7-6-30-22/h2-5,9,11,14,16-17,21,26H,6-8,10,12-13,25H2,1H3. The maximum absolute atomic E-state index is 6.28. The largest absolute Gasteiger partial charge is 0.497 e. The molecule has 0 radical (unpaired) electrons. The van der Waals surface area contributed by atoms with Crippen LogP contribution in [0.15, 0.2) is 42.7 Å². The second-order valence-electron chi connectivity index (χ2n) is 8.33. The number of hydrogen-bond acceptors (Lipinski definition) is 8. The molecule has 0 spiro atoms. The summed E-state index contributed by atoms with van der Waals surface area (Å²) in [7, 11) is 1.64. The van der Waals surface area contributed by atoms with Crippen molar-refractivity contribution in [2.24, 2.45) is 11.7 Å². The van der Waals surface area contributed by atoms with Crippen molar-refractivity contribution in [2.45, 2.75) is 24.9 Å². The highest BCUT2D eigenvalue weighted by Crippen LogP contribution is 2.33. The summed E-state index contributed by atoms with van der Waals surface area (Å²) >= 11 is 0. The van der Waals surface area contributed by atoms with Gasteiger partial charge in [-0.25, -0.2) is 9.97 Å². The number of nitrogens with two attached hydrogens (primary N) is 1. The van der Waals surface area contributed by atoms with Crippen LogP contribution in [0.4, 0.5) is 0 Å². The first-order valence-electron chi connectivity index (χ1n) is 11.0. The van der Waals surface area contributed by atoms with E-state index in [1.807, 2.05) is 24.3 Å². The number of nitrogens with zero attached hydrogens (tertiary/aromatic N) is 2. The number of aromatic nitrogens is 2. The molecule has 3 aromatic rings. The van der Waals surface area contributed by atoms with E-state index in [1.165, 1.54) is 11.9 Å². The van der Waals surface area contributed by atoms with E-state index in [4.69, 9.17) is 24.7 Å². The Balaban J connectivity index is 1.32. The molecule has 2 aromatic carbocycles. The molecule has 168 valence electrons. The molecule has 3 N–H and O–H groups in total. The Morgan fingerprint density at radius 3 is 2.84 bits per heavy atom. The van der Waals surface area contributed by atoms with Crippen molar-refractivity contribution in [1.82, 2.24) is 15.3 Å². The summed E-state index contributed by atoms with van der Waals surface area (Å²) in [5.74, 6) is 3.25. The van der Waals surface area contributed by atoms with Crippen molar-refractivity contribution in [3.8, 4) is 23.1 Å². The number of fused-ring (bicyclic) bond motifs is 2. The van der Waals surface area contributed by atoms with Crippen molar-refractivity contribution >= 4 is 10.9 Å². The molecule has 3 unspecified atom stereocenters. The predicted octanol–water partition coefficient (Wildman–Crippen LogP) is 2.34. The average Bonchev–Trinajstić information content (AvgIpc) is 2.83. The van der Waals surface area contributed by atoms with Crippen LogP contribution in [0.25, 0.3) is 10.9 Å². The molecule has 2 aliphatic heterocycles. The molecule has 5 rings (SSSR count). The summed E-state index contributed by atoms with van der Waals surface area (Å²) < 4.78 is 22.9. The third-order valence-corrected chi connectivity index (χ3v) is 6.13. The van der Waals surface area contributed by atoms with Crippen molar-refractivity contribution in [3.05, 3.63) is 48.3 Å². The molecule has 32 heavy (non-hydrogen) atoms. The van der Waals surface area contributed by atoms with Crippen LogP contribution in [0.5, 0.6) is 23.1 Å². The van der Waals surface area contributed by atoms with Gasteiger partial charge in [-0.1, -0.05) is 6.07 Å². The number of nitrogens with one attached hydrogen (secondary N) is 1. The summed E-state index contributed by atoms with van der Waals surface area (Å²) in [5, 5.41) is 4.40. The molecule has 8 heteroatoms. The van der Waals surface area contributed by atoms with E-state index in [1.54, 1.807) is 7.11 Å². The molecule has 1 aromatic heterocycles. The van der Waals surface area contributed by atoms with Crippen molar-refractivity contribution in [3.63, 3.8) is 0 Å². The zero-order valence-corrected chi connectivity index (χ0v) is 18.1. The van der Waals surface area contributed by atoms with Crippen molar-refractivity contribution in [2.75, 3.05) is 33.5 Å². The Hall–Kier alpha value is -3.10.